The highest BCUT2D eigenvalue weighted by molar-refractivity contribution is 7.80. The third-order valence-corrected chi connectivity index (χ3v) is 6.83. The first-order valence-corrected chi connectivity index (χ1v) is 12.3. The number of anilines is 2. The quantitative estimate of drug-likeness (QED) is 0.362. The number of aryl methyl sites for hydroxylation is 2. The number of thiocarbonyl (C=S) groups is 1. The Hall–Kier alpha value is -3.52. The van der Waals surface area contributed by atoms with Crippen molar-refractivity contribution in [1.82, 2.24) is 5.43 Å². The molecule has 3 aromatic rings. The van der Waals surface area contributed by atoms with E-state index in [0.29, 0.717) is 10.9 Å². The molecular weight excluding hydrogens is 463 g/mol. The van der Waals surface area contributed by atoms with E-state index in [1.165, 1.54) is 12.1 Å². The van der Waals surface area contributed by atoms with E-state index in [4.69, 9.17) is 16.6 Å². The molecule has 2 aliphatic rings. The molecule has 180 valence electrons. The van der Waals surface area contributed by atoms with E-state index in [0.717, 1.165) is 71.6 Å². The fourth-order valence-electron chi connectivity index (χ4n) is 4.92. The third-order valence-electron chi connectivity index (χ3n) is 6.64. The SMILES string of the molecule is Cc1c(C(=O)N2c3ccc(F)cc3CCC2C)oc2c1/C(=N/NC(=S)Nc1ccccc1)CCC2. The van der Waals surface area contributed by atoms with Crippen molar-refractivity contribution in [3.63, 3.8) is 0 Å². The van der Waals surface area contributed by atoms with Gasteiger partial charge < -0.3 is 14.6 Å². The van der Waals surface area contributed by atoms with Gasteiger partial charge in [0.1, 0.15) is 11.6 Å². The van der Waals surface area contributed by atoms with Crippen LogP contribution >= 0.6 is 12.2 Å². The Kier molecular flexibility index (Phi) is 6.38. The monoisotopic (exact) mass is 490 g/mol. The number of nitrogens with zero attached hydrogens (tertiary/aromatic N) is 2. The van der Waals surface area contributed by atoms with Crippen molar-refractivity contribution in [3.05, 3.63) is 82.6 Å². The number of halogens is 1. The van der Waals surface area contributed by atoms with E-state index in [-0.39, 0.29) is 17.8 Å². The topological polar surface area (TPSA) is 69.9 Å². The standard InChI is InChI=1S/C27H27FN4O2S/c1-16-11-12-18-15-19(28)13-14-22(18)32(16)26(33)25-17(2)24-21(9-6-10-23(24)34-25)30-31-27(35)29-20-7-4-3-5-8-20/h3-5,7-8,13-16H,6,9-12H2,1-2H3,(H2,29,31,35)/b30-21+. The smallest absolute Gasteiger partial charge is 0.294 e. The van der Waals surface area contributed by atoms with E-state index in [9.17, 15) is 9.18 Å². The molecule has 35 heavy (non-hydrogen) atoms. The summed E-state index contributed by atoms with van der Waals surface area (Å²) in [6.07, 6.45) is 3.88. The predicted molar refractivity (Wildman–Crippen MR) is 140 cm³/mol. The largest absolute Gasteiger partial charge is 0.455 e. The van der Waals surface area contributed by atoms with E-state index in [1.807, 2.05) is 44.2 Å². The zero-order valence-corrected chi connectivity index (χ0v) is 20.5. The molecule has 1 aliphatic carbocycles. The highest BCUT2D eigenvalue weighted by atomic mass is 32.1. The number of nitrogens with one attached hydrogen (secondary N) is 2. The van der Waals surface area contributed by atoms with E-state index in [2.05, 4.69) is 15.8 Å². The lowest BCUT2D eigenvalue weighted by atomic mass is 9.92. The molecule has 1 atom stereocenters. The van der Waals surface area contributed by atoms with Crippen LogP contribution < -0.4 is 15.6 Å². The van der Waals surface area contributed by atoms with Gasteiger partial charge in [0.15, 0.2) is 10.9 Å². The summed E-state index contributed by atoms with van der Waals surface area (Å²) in [5, 5.41) is 8.06. The van der Waals surface area contributed by atoms with Crippen LogP contribution in [0.15, 0.2) is 58.0 Å². The summed E-state index contributed by atoms with van der Waals surface area (Å²) in [6.45, 7) is 3.91. The first kappa shape index (κ1) is 23.2. The molecule has 5 rings (SSSR count). The highest BCUT2D eigenvalue weighted by Gasteiger charge is 2.35. The van der Waals surface area contributed by atoms with E-state index >= 15 is 0 Å². The summed E-state index contributed by atoms with van der Waals surface area (Å²) in [6, 6.07) is 14.2. The molecule has 1 aromatic heterocycles. The van der Waals surface area contributed by atoms with Crippen molar-refractivity contribution in [2.24, 2.45) is 5.10 Å². The molecule has 0 saturated heterocycles. The zero-order valence-electron chi connectivity index (χ0n) is 19.7. The molecule has 8 heteroatoms. The minimum atomic E-state index is -0.289. The maximum Gasteiger partial charge on any atom is 0.294 e. The summed E-state index contributed by atoms with van der Waals surface area (Å²) in [7, 11) is 0. The Labute approximate surface area is 209 Å². The van der Waals surface area contributed by atoms with Gasteiger partial charge >= 0.3 is 0 Å². The molecule has 2 heterocycles. The average Bonchev–Trinajstić information content (AvgIpc) is 3.20. The van der Waals surface area contributed by atoms with Gasteiger partial charge in [0.05, 0.1) is 5.71 Å². The minimum Gasteiger partial charge on any atom is -0.455 e. The number of rotatable bonds is 3. The molecule has 1 aliphatic heterocycles. The first-order valence-electron chi connectivity index (χ1n) is 11.9. The van der Waals surface area contributed by atoms with Crippen LogP contribution in [0.25, 0.3) is 0 Å². The second kappa shape index (κ2) is 9.62. The number of furan rings is 1. The summed E-state index contributed by atoms with van der Waals surface area (Å²) in [5.41, 5.74) is 7.86. The number of amides is 1. The van der Waals surface area contributed by atoms with E-state index in [1.54, 1.807) is 11.0 Å². The lowest BCUT2D eigenvalue weighted by Crippen LogP contribution is -2.42. The maximum absolute atomic E-state index is 13.8. The number of hydrazone groups is 1. The van der Waals surface area contributed by atoms with Crippen molar-refractivity contribution in [2.75, 3.05) is 10.2 Å². The lowest BCUT2D eigenvalue weighted by molar-refractivity contribution is 0.0945. The van der Waals surface area contributed by atoms with Crippen LogP contribution in [0.3, 0.4) is 0 Å². The summed E-state index contributed by atoms with van der Waals surface area (Å²) in [4.78, 5) is 15.5. The van der Waals surface area contributed by atoms with Crippen LogP contribution in [-0.2, 0) is 12.8 Å². The molecule has 0 fully saturated rings. The van der Waals surface area contributed by atoms with Gasteiger partial charge in [-0.1, -0.05) is 18.2 Å². The molecule has 2 aromatic carbocycles. The Morgan fingerprint density at radius 1 is 1.17 bits per heavy atom. The number of para-hydroxylation sites is 1. The van der Waals surface area contributed by atoms with Crippen molar-refractivity contribution in [1.29, 1.82) is 0 Å². The molecular formula is C27H27FN4O2S. The van der Waals surface area contributed by atoms with Crippen molar-refractivity contribution < 1.29 is 13.6 Å². The second-order valence-corrected chi connectivity index (χ2v) is 9.44. The molecule has 0 saturated carbocycles. The number of carbonyl (C=O) groups is 1. The zero-order chi connectivity index (χ0) is 24.5. The van der Waals surface area contributed by atoms with E-state index < -0.39 is 0 Å². The van der Waals surface area contributed by atoms with Crippen LogP contribution in [0.2, 0.25) is 0 Å². The van der Waals surface area contributed by atoms with Gasteiger partial charge in [0.25, 0.3) is 5.91 Å². The highest BCUT2D eigenvalue weighted by Crippen LogP contribution is 2.36. The lowest BCUT2D eigenvalue weighted by Gasteiger charge is -2.34. The van der Waals surface area contributed by atoms with Gasteiger partial charge in [-0.25, -0.2) is 4.39 Å². The summed E-state index contributed by atoms with van der Waals surface area (Å²) < 4.78 is 20.0. The minimum absolute atomic E-state index is 0.0155. The van der Waals surface area contributed by atoms with Crippen molar-refractivity contribution >= 4 is 40.3 Å². The number of hydrogen-bond acceptors (Lipinski definition) is 4. The maximum atomic E-state index is 13.8. The summed E-state index contributed by atoms with van der Waals surface area (Å²) in [5.74, 6) is 0.594. The molecule has 1 amide bonds. The van der Waals surface area contributed by atoms with Gasteiger partial charge in [0, 0.05) is 35.0 Å². The van der Waals surface area contributed by atoms with Crippen molar-refractivity contribution in [2.45, 2.75) is 52.0 Å². The molecule has 2 N–H and O–H groups in total. The van der Waals surface area contributed by atoms with Gasteiger partial charge in [-0.05, 0) is 87.6 Å². The third kappa shape index (κ3) is 4.58. The molecule has 0 spiro atoms. The van der Waals surface area contributed by atoms with Gasteiger partial charge in [-0.3, -0.25) is 10.2 Å². The van der Waals surface area contributed by atoms with Crippen molar-refractivity contribution in [3.8, 4) is 0 Å². The van der Waals surface area contributed by atoms with Crippen LogP contribution in [0.4, 0.5) is 15.8 Å². The van der Waals surface area contributed by atoms with Gasteiger partial charge in [0.2, 0.25) is 0 Å². The molecule has 6 nitrogen and oxygen atoms in total. The van der Waals surface area contributed by atoms with Gasteiger partial charge in [-0.2, -0.15) is 5.10 Å². The van der Waals surface area contributed by atoms with Crippen LogP contribution in [-0.4, -0.2) is 22.8 Å². The van der Waals surface area contributed by atoms with Gasteiger partial charge in [-0.15, -0.1) is 0 Å². The number of benzene rings is 2. The molecule has 0 radical (unpaired) electrons. The Balaban J connectivity index is 1.41. The van der Waals surface area contributed by atoms with Crippen LogP contribution in [0.1, 0.15) is 59.2 Å². The normalized spacial score (nSPS) is 18.1. The number of fused-ring (bicyclic) bond motifs is 2. The Morgan fingerprint density at radius 3 is 2.77 bits per heavy atom. The Bertz CT molecular complexity index is 1320. The summed E-state index contributed by atoms with van der Waals surface area (Å²) >= 11 is 5.39. The number of carbonyl (C=O) groups excluding carboxylic acids is 1. The van der Waals surface area contributed by atoms with Crippen LogP contribution in [0.5, 0.6) is 0 Å². The average molecular weight is 491 g/mol. The first-order chi connectivity index (χ1) is 16.9. The van der Waals surface area contributed by atoms with Crippen LogP contribution in [0, 0.1) is 12.7 Å². The Morgan fingerprint density at radius 2 is 1.97 bits per heavy atom. The number of hydrogen-bond donors (Lipinski definition) is 2. The second-order valence-electron chi connectivity index (χ2n) is 9.03. The molecule has 1 unspecified atom stereocenters. The fourth-order valence-corrected chi connectivity index (χ4v) is 5.09. The predicted octanol–water partition coefficient (Wildman–Crippen LogP) is 5.74. The fraction of sp³-hybridized carbons (Fsp3) is 0.296. The molecule has 0 bridgehead atoms.